The number of hydrogen-bond acceptors (Lipinski definition) is 3. The minimum Gasteiger partial charge on any atom is -0.478 e. The van der Waals surface area contributed by atoms with Crippen LogP contribution in [0.5, 0.6) is 0 Å². The Hall–Kier alpha value is -1.65. The van der Waals surface area contributed by atoms with E-state index in [9.17, 15) is 14.3 Å². The molecule has 1 aliphatic carbocycles. The van der Waals surface area contributed by atoms with Gasteiger partial charge in [0.1, 0.15) is 17.2 Å². The van der Waals surface area contributed by atoms with Gasteiger partial charge in [-0.25, -0.2) is 14.2 Å². The molecule has 1 aliphatic heterocycles. The lowest BCUT2D eigenvalue weighted by molar-refractivity contribution is 0.0696. The van der Waals surface area contributed by atoms with E-state index in [0.29, 0.717) is 17.8 Å². The molecule has 108 valence electrons. The molecule has 20 heavy (non-hydrogen) atoms. The highest BCUT2D eigenvalue weighted by Gasteiger charge is 2.35. The number of carbonyl (C=O) groups is 1. The molecule has 0 amide bonds. The standard InChI is InChI=1S/C15H19FN2O2/c16-11-8-12(15(19)20)14(17-9-11)18-7-3-6-13(18)10-4-1-2-5-10/h8-10,13H,1-7H2,(H,19,20). The van der Waals surface area contributed by atoms with Crippen LogP contribution in [-0.4, -0.2) is 28.6 Å². The molecule has 1 N–H and O–H groups in total. The van der Waals surface area contributed by atoms with Gasteiger partial charge in [0.25, 0.3) is 0 Å². The van der Waals surface area contributed by atoms with Crippen molar-refractivity contribution in [2.24, 2.45) is 5.92 Å². The van der Waals surface area contributed by atoms with E-state index in [4.69, 9.17) is 0 Å². The fraction of sp³-hybridized carbons (Fsp3) is 0.600. The van der Waals surface area contributed by atoms with E-state index in [1.807, 2.05) is 0 Å². The molecular formula is C15H19FN2O2. The Balaban J connectivity index is 1.92. The van der Waals surface area contributed by atoms with Crippen molar-refractivity contribution in [3.63, 3.8) is 0 Å². The van der Waals surface area contributed by atoms with E-state index in [2.05, 4.69) is 9.88 Å². The summed E-state index contributed by atoms with van der Waals surface area (Å²) < 4.78 is 13.2. The van der Waals surface area contributed by atoms with Crippen LogP contribution in [-0.2, 0) is 0 Å². The van der Waals surface area contributed by atoms with E-state index in [1.165, 1.54) is 25.7 Å². The van der Waals surface area contributed by atoms with Gasteiger partial charge in [-0.15, -0.1) is 0 Å². The normalized spacial score (nSPS) is 23.4. The smallest absolute Gasteiger partial charge is 0.339 e. The van der Waals surface area contributed by atoms with Crippen molar-refractivity contribution in [2.75, 3.05) is 11.4 Å². The average molecular weight is 278 g/mol. The Kier molecular flexibility index (Phi) is 3.59. The summed E-state index contributed by atoms with van der Waals surface area (Å²) in [5.41, 5.74) is -0.0186. The number of aromatic nitrogens is 1. The minimum absolute atomic E-state index is 0.0186. The molecule has 2 heterocycles. The fourth-order valence-electron chi connectivity index (χ4n) is 3.71. The zero-order valence-corrected chi connectivity index (χ0v) is 11.4. The van der Waals surface area contributed by atoms with Crippen LogP contribution < -0.4 is 4.90 Å². The number of carboxylic acid groups (broad SMARTS) is 1. The molecule has 1 saturated carbocycles. The molecule has 5 heteroatoms. The summed E-state index contributed by atoms with van der Waals surface area (Å²) >= 11 is 0. The first-order valence-corrected chi connectivity index (χ1v) is 7.32. The molecule has 0 spiro atoms. The van der Waals surface area contributed by atoms with Crippen LogP contribution in [0.1, 0.15) is 48.9 Å². The fourth-order valence-corrected chi connectivity index (χ4v) is 3.71. The van der Waals surface area contributed by atoms with E-state index < -0.39 is 11.8 Å². The third kappa shape index (κ3) is 2.37. The third-order valence-electron chi connectivity index (χ3n) is 4.58. The average Bonchev–Trinajstić information content (AvgIpc) is 3.09. The third-order valence-corrected chi connectivity index (χ3v) is 4.58. The summed E-state index contributed by atoms with van der Waals surface area (Å²) in [7, 11) is 0. The van der Waals surface area contributed by atoms with Crippen LogP contribution in [0.15, 0.2) is 12.3 Å². The zero-order chi connectivity index (χ0) is 14.1. The Morgan fingerprint density at radius 2 is 2.05 bits per heavy atom. The SMILES string of the molecule is O=C(O)c1cc(F)cnc1N1CCCC1C1CCCC1. The number of aromatic carboxylic acids is 1. The molecular weight excluding hydrogens is 259 g/mol. The Morgan fingerprint density at radius 1 is 1.30 bits per heavy atom. The van der Waals surface area contributed by atoms with Gasteiger partial charge < -0.3 is 10.0 Å². The second-order valence-corrected chi connectivity index (χ2v) is 5.78. The van der Waals surface area contributed by atoms with Gasteiger partial charge in [0.15, 0.2) is 0 Å². The number of anilines is 1. The number of hydrogen-bond donors (Lipinski definition) is 1. The largest absolute Gasteiger partial charge is 0.478 e. The van der Waals surface area contributed by atoms with Gasteiger partial charge >= 0.3 is 5.97 Å². The van der Waals surface area contributed by atoms with Crippen LogP contribution in [0.4, 0.5) is 10.2 Å². The van der Waals surface area contributed by atoms with Crippen molar-refractivity contribution in [2.45, 2.75) is 44.6 Å². The van der Waals surface area contributed by atoms with Crippen molar-refractivity contribution in [1.29, 1.82) is 0 Å². The number of rotatable bonds is 3. The summed E-state index contributed by atoms with van der Waals surface area (Å²) in [6, 6.07) is 1.45. The van der Waals surface area contributed by atoms with Gasteiger partial charge in [0, 0.05) is 12.6 Å². The lowest BCUT2D eigenvalue weighted by atomic mass is 9.96. The number of nitrogens with zero attached hydrogens (tertiary/aromatic N) is 2. The molecule has 0 bridgehead atoms. The summed E-state index contributed by atoms with van der Waals surface area (Å²) in [5, 5.41) is 9.27. The highest BCUT2D eigenvalue weighted by atomic mass is 19.1. The summed E-state index contributed by atoms with van der Waals surface area (Å²) in [6.07, 6.45) is 8.21. The maximum absolute atomic E-state index is 13.2. The molecule has 1 aromatic heterocycles. The summed E-state index contributed by atoms with van der Waals surface area (Å²) in [6.45, 7) is 0.820. The van der Waals surface area contributed by atoms with Crippen LogP contribution in [0, 0.1) is 11.7 Å². The Morgan fingerprint density at radius 3 is 2.75 bits per heavy atom. The van der Waals surface area contributed by atoms with Gasteiger partial charge in [0.2, 0.25) is 0 Å². The first-order chi connectivity index (χ1) is 9.66. The number of carboxylic acids is 1. The van der Waals surface area contributed by atoms with Gasteiger partial charge in [-0.1, -0.05) is 12.8 Å². The first-order valence-electron chi connectivity index (χ1n) is 7.32. The van der Waals surface area contributed by atoms with Crippen molar-refractivity contribution < 1.29 is 14.3 Å². The van der Waals surface area contributed by atoms with Gasteiger partial charge in [-0.2, -0.15) is 0 Å². The molecule has 3 rings (SSSR count). The zero-order valence-electron chi connectivity index (χ0n) is 11.4. The van der Waals surface area contributed by atoms with Gasteiger partial charge in [-0.3, -0.25) is 0 Å². The quantitative estimate of drug-likeness (QED) is 0.923. The molecule has 2 fully saturated rings. The van der Waals surface area contributed by atoms with E-state index >= 15 is 0 Å². The molecule has 0 aromatic carbocycles. The monoisotopic (exact) mass is 278 g/mol. The van der Waals surface area contributed by atoms with Crippen LogP contribution in [0.3, 0.4) is 0 Å². The maximum Gasteiger partial charge on any atom is 0.339 e. The van der Waals surface area contributed by atoms with Crippen molar-refractivity contribution in [1.82, 2.24) is 4.98 Å². The number of halogens is 1. The van der Waals surface area contributed by atoms with Crippen LogP contribution in [0.25, 0.3) is 0 Å². The second-order valence-electron chi connectivity index (χ2n) is 5.78. The van der Waals surface area contributed by atoms with E-state index in [-0.39, 0.29) is 5.56 Å². The lowest BCUT2D eigenvalue weighted by Crippen LogP contribution is -2.36. The lowest BCUT2D eigenvalue weighted by Gasteiger charge is -2.31. The van der Waals surface area contributed by atoms with Crippen LogP contribution >= 0.6 is 0 Å². The van der Waals surface area contributed by atoms with E-state index in [0.717, 1.165) is 31.6 Å². The van der Waals surface area contributed by atoms with E-state index in [1.54, 1.807) is 0 Å². The van der Waals surface area contributed by atoms with Gasteiger partial charge in [-0.05, 0) is 37.7 Å². The molecule has 1 atom stereocenters. The summed E-state index contributed by atoms with van der Waals surface area (Å²) in [4.78, 5) is 17.5. The van der Waals surface area contributed by atoms with Crippen molar-refractivity contribution in [3.05, 3.63) is 23.6 Å². The Labute approximate surface area is 117 Å². The predicted octanol–water partition coefficient (Wildman–Crippen LogP) is 3.08. The molecule has 1 saturated heterocycles. The maximum atomic E-state index is 13.2. The molecule has 4 nitrogen and oxygen atoms in total. The molecule has 2 aliphatic rings. The molecule has 1 aromatic rings. The van der Waals surface area contributed by atoms with Crippen molar-refractivity contribution in [3.8, 4) is 0 Å². The highest BCUT2D eigenvalue weighted by Crippen LogP contribution is 2.38. The number of pyridine rings is 1. The minimum atomic E-state index is -1.11. The Bertz CT molecular complexity index is 515. The van der Waals surface area contributed by atoms with Crippen LogP contribution in [0.2, 0.25) is 0 Å². The topological polar surface area (TPSA) is 53.4 Å². The molecule has 1 unspecified atom stereocenters. The summed E-state index contributed by atoms with van der Waals surface area (Å²) in [5.74, 6) is -0.633. The van der Waals surface area contributed by atoms with Gasteiger partial charge in [0.05, 0.1) is 6.20 Å². The second kappa shape index (κ2) is 5.38. The van der Waals surface area contributed by atoms with Crippen molar-refractivity contribution >= 4 is 11.8 Å². The highest BCUT2D eigenvalue weighted by molar-refractivity contribution is 5.93. The molecule has 0 radical (unpaired) electrons. The first kappa shape index (κ1) is 13.3. The predicted molar refractivity (Wildman–Crippen MR) is 73.5 cm³/mol.